The number of carbonyl (C=O) groups excluding carboxylic acids is 2. The van der Waals surface area contributed by atoms with Crippen LogP contribution in [0.4, 0.5) is 4.79 Å². The van der Waals surface area contributed by atoms with Crippen molar-refractivity contribution in [1.82, 2.24) is 5.06 Å². The maximum atomic E-state index is 12.8. The summed E-state index contributed by atoms with van der Waals surface area (Å²) in [5, 5.41) is 1.30. The van der Waals surface area contributed by atoms with Crippen molar-refractivity contribution in [2.24, 2.45) is 11.8 Å². The van der Waals surface area contributed by atoms with Gasteiger partial charge in [-0.15, -0.1) is 0 Å². The largest absolute Gasteiger partial charge is 0.465 e. The summed E-state index contributed by atoms with van der Waals surface area (Å²) < 4.78 is 10.8. The molecule has 2 fully saturated rings. The highest BCUT2D eigenvalue weighted by Crippen LogP contribution is 2.42. The van der Waals surface area contributed by atoms with Crippen molar-refractivity contribution in [3.63, 3.8) is 0 Å². The summed E-state index contributed by atoms with van der Waals surface area (Å²) in [6.07, 6.45) is -0.232. The Kier molecular flexibility index (Phi) is 5.07. The molecule has 2 heterocycles. The normalized spacial score (nSPS) is 24.7. The molecule has 1 amide bonds. The zero-order valence-corrected chi connectivity index (χ0v) is 14.8. The Morgan fingerprint density at radius 2 is 1.74 bits per heavy atom. The Balaban J connectivity index is 1.54. The number of hydrogen-bond acceptors (Lipinski definition) is 5. The van der Waals surface area contributed by atoms with E-state index in [0.717, 1.165) is 11.1 Å². The first kappa shape index (κ1) is 17.5. The predicted molar refractivity (Wildman–Crippen MR) is 96.2 cm³/mol. The van der Waals surface area contributed by atoms with Crippen molar-refractivity contribution in [2.75, 3.05) is 13.2 Å². The molecular weight excluding hydrogens is 346 g/mol. The second-order valence-corrected chi connectivity index (χ2v) is 6.83. The predicted octanol–water partition coefficient (Wildman–Crippen LogP) is 3.49. The van der Waals surface area contributed by atoms with Crippen LogP contribution in [0.15, 0.2) is 60.7 Å². The lowest BCUT2D eigenvalue weighted by molar-refractivity contribution is -0.240. The van der Waals surface area contributed by atoms with Crippen LogP contribution in [0.1, 0.15) is 23.6 Å². The molecule has 0 aromatic heterocycles. The lowest BCUT2D eigenvalue weighted by Crippen LogP contribution is -2.51. The lowest BCUT2D eigenvalue weighted by atomic mass is 9.79. The summed E-state index contributed by atoms with van der Waals surface area (Å²) in [6.45, 7) is 0.739. The number of hydrogen-bond donors (Lipinski definition) is 0. The number of rotatable bonds is 3. The monoisotopic (exact) mass is 367 g/mol. The molecule has 0 spiro atoms. The van der Waals surface area contributed by atoms with E-state index in [1.807, 2.05) is 60.7 Å². The van der Waals surface area contributed by atoms with Crippen molar-refractivity contribution in [3.8, 4) is 0 Å². The van der Waals surface area contributed by atoms with Crippen molar-refractivity contribution in [3.05, 3.63) is 71.8 Å². The number of carbonyl (C=O) groups is 2. The highest BCUT2D eigenvalue weighted by atomic mass is 16.7. The van der Waals surface area contributed by atoms with E-state index in [0.29, 0.717) is 13.0 Å². The fourth-order valence-corrected chi connectivity index (χ4v) is 3.69. The molecule has 2 aromatic rings. The van der Waals surface area contributed by atoms with Gasteiger partial charge in [0.15, 0.2) is 0 Å². The van der Waals surface area contributed by atoms with Crippen LogP contribution in [0.5, 0.6) is 0 Å². The summed E-state index contributed by atoms with van der Waals surface area (Å²) in [5.74, 6) is -0.218. The van der Waals surface area contributed by atoms with Crippen LogP contribution < -0.4 is 0 Å². The number of esters is 1. The standard InChI is InChI=1S/C21H21NO5/c23-19-11-17-13-27-22(21(24)26-12-15-7-3-1-4-8-15)20(18(17)14-25-19)16-9-5-2-6-10-16/h1-10,17-18,20H,11-14H2/t17-,18+,20-/m1/s1. The van der Waals surface area contributed by atoms with Crippen molar-refractivity contribution in [2.45, 2.75) is 19.1 Å². The molecule has 2 aliphatic rings. The highest BCUT2D eigenvalue weighted by Gasteiger charge is 2.46. The van der Waals surface area contributed by atoms with Gasteiger partial charge in [-0.1, -0.05) is 60.7 Å². The number of cyclic esters (lactones) is 1. The Hall–Kier alpha value is -2.86. The second kappa shape index (κ2) is 7.80. The maximum absolute atomic E-state index is 12.8. The molecule has 6 heteroatoms. The minimum absolute atomic E-state index is 0.0228. The van der Waals surface area contributed by atoms with Crippen LogP contribution in [0.3, 0.4) is 0 Å². The topological polar surface area (TPSA) is 65.1 Å². The van der Waals surface area contributed by atoms with Crippen molar-refractivity contribution >= 4 is 12.1 Å². The van der Waals surface area contributed by atoms with Gasteiger partial charge in [0, 0.05) is 11.8 Å². The Bertz CT molecular complexity index is 795. The minimum atomic E-state index is -0.539. The zero-order valence-electron chi connectivity index (χ0n) is 14.8. The van der Waals surface area contributed by atoms with Gasteiger partial charge in [-0.05, 0) is 11.1 Å². The van der Waals surface area contributed by atoms with E-state index < -0.39 is 6.09 Å². The smallest absolute Gasteiger partial charge is 0.434 e. The average Bonchev–Trinajstić information content (AvgIpc) is 2.72. The second-order valence-electron chi connectivity index (χ2n) is 6.83. The van der Waals surface area contributed by atoms with Gasteiger partial charge in [-0.25, -0.2) is 4.79 Å². The molecular formula is C21H21NO5. The van der Waals surface area contributed by atoms with Crippen LogP contribution in [-0.2, 0) is 25.7 Å². The third-order valence-electron chi connectivity index (χ3n) is 5.08. The molecule has 0 saturated carbocycles. The van der Waals surface area contributed by atoms with E-state index >= 15 is 0 Å². The molecule has 2 saturated heterocycles. The SMILES string of the molecule is O=C1C[C@@H]2CON(C(=O)OCc3ccccc3)[C@H](c3ccccc3)[C@H]2CO1. The molecule has 2 aromatic carbocycles. The van der Waals surface area contributed by atoms with Gasteiger partial charge < -0.3 is 9.47 Å². The number of nitrogens with zero attached hydrogens (tertiary/aromatic N) is 1. The van der Waals surface area contributed by atoms with Gasteiger partial charge in [0.25, 0.3) is 0 Å². The number of hydroxylamine groups is 2. The Morgan fingerprint density at radius 1 is 1.04 bits per heavy atom. The minimum Gasteiger partial charge on any atom is -0.465 e. The zero-order chi connectivity index (χ0) is 18.6. The summed E-state index contributed by atoms with van der Waals surface area (Å²) in [7, 11) is 0. The van der Waals surface area contributed by atoms with E-state index in [-0.39, 0.29) is 37.1 Å². The fraction of sp³-hybridized carbons (Fsp3) is 0.333. The number of ether oxygens (including phenoxy) is 2. The van der Waals surface area contributed by atoms with Crippen LogP contribution in [0, 0.1) is 11.8 Å². The first-order valence-electron chi connectivity index (χ1n) is 9.06. The molecule has 2 aliphatic heterocycles. The Labute approximate surface area is 157 Å². The molecule has 0 aliphatic carbocycles. The van der Waals surface area contributed by atoms with E-state index in [4.69, 9.17) is 14.3 Å². The van der Waals surface area contributed by atoms with Crippen LogP contribution in [-0.4, -0.2) is 30.3 Å². The van der Waals surface area contributed by atoms with Crippen molar-refractivity contribution < 1.29 is 23.9 Å². The fourth-order valence-electron chi connectivity index (χ4n) is 3.69. The summed E-state index contributed by atoms with van der Waals surface area (Å²) in [6, 6.07) is 18.8. The summed E-state index contributed by atoms with van der Waals surface area (Å²) in [4.78, 5) is 30.2. The molecule has 27 heavy (non-hydrogen) atoms. The van der Waals surface area contributed by atoms with E-state index in [9.17, 15) is 9.59 Å². The first-order valence-corrected chi connectivity index (χ1v) is 9.06. The third kappa shape index (κ3) is 3.80. The summed E-state index contributed by atoms with van der Waals surface area (Å²) >= 11 is 0. The molecule has 0 unspecified atom stereocenters. The van der Waals surface area contributed by atoms with E-state index in [1.54, 1.807) is 0 Å². The molecule has 0 N–H and O–H groups in total. The van der Waals surface area contributed by atoms with Gasteiger partial charge >= 0.3 is 12.1 Å². The van der Waals surface area contributed by atoms with Gasteiger partial charge in [0.2, 0.25) is 0 Å². The maximum Gasteiger partial charge on any atom is 0.434 e. The molecule has 0 bridgehead atoms. The lowest BCUT2D eigenvalue weighted by Gasteiger charge is -2.45. The average molecular weight is 367 g/mol. The summed E-state index contributed by atoms with van der Waals surface area (Å²) in [5.41, 5.74) is 1.84. The third-order valence-corrected chi connectivity index (χ3v) is 5.08. The number of benzene rings is 2. The van der Waals surface area contributed by atoms with E-state index in [2.05, 4.69) is 0 Å². The Morgan fingerprint density at radius 3 is 2.48 bits per heavy atom. The van der Waals surface area contributed by atoms with E-state index in [1.165, 1.54) is 5.06 Å². The molecule has 140 valence electrons. The van der Waals surface area contributed by atoms with Gasteiger partial charge in [-0.2, -0.15) is 5.06 Å². The van der Waals surface area contributed by atoms with Gasteiger partial charge in [0.05, 0.1) is 25.7 Å². The highest BCUT2D eigenvalue weighted by molar-refractivity contribution is 5.71. The molecule has 3 atom stereocenters. The number of fused-ring (bicyclic) bond motifs is 1. The first-order chi connectivity index (χ1) is 13.2. The molecule has 4 rings (SSSR count). The number of amides is 1. The van der Waals surface area contributed by atoms with Gasteiger partial charge in [-0.3, -0.25) is 9.63 Å². The van der Waals surface area contributed by atoms with Gasteiger partial charge in [0.1, 0.15) is 6.61 Å². The van der Waals surface area contributed by atoms with Crippen molar-refractivity contribution in [1.29, 1.82) is 0 Å². The van der Waals surface area contributed by atoms with Crippen LogP contribution in [0.25, 0.3) is 0 Å². The van der Waals surface area contributed by atoms with Crippen LogP contribution in [0.2, 0.25) is 0 Å². The quantitative estimate of drug-likeness (QED) is 0.777. The molecule has 0 radical (unpaired) electrons. The molecule has 6 nitrogen and oxygen atoms in total. The van der Waals surface area contributed by atoms with Crippen LogP contribution >= 0.6 is 0 Å².